The van der Waals surface area contributed by atoms with Crippen molar-refractivity contribution in [1.29, 1.82) is 0 Å². The topological polar surface area (TPSA) is 38.3 Å². The molecular formula is C17H25NO2. The number of carbonyl (C=O) groups excluding carboxylic acids is 1. The van der Waals surface area contributed by atoms with Crippen LogP contribution < -0.4 is 10.1 Å². The van der Waals surface area contributed by atoms with Crippen LogP contribution in [0.15, 0.2) is 18.2 Å². The molecule has 0 amide bonds. The number of hydrogen-bond donors (Lipinski definition) is 1. The van der Waals surface area contributed by atoms with Crippen LogP contribution in [0.5, 0.6) is 5.75 Å². The Hall–Kier alpha value is -1.35. The molecule has 1 heterocycles. The maximum Gasteiger partial charge on any atom is 0.137 e. The molecule has 0 saturated carbocycles. The van der Waals surface area contributed by atoms with E-state index in [1.54, 1.807) is 7.11 Å². The molecule has 0 aliphatic carbocycles. The predicted octanol–water partition coefficient (Wildman–Crippen LogP) is 3.04. The van der Waals surface area contributed by atoms with E-state index in [2.05, 4.69) is 11.4 Å². The third kappa shape index (κ3) is 4.34. The van der Waals surface area contributed by atoms with Crippen LogP contribution in [0.25, 0.3) is 0 Å². The summed E-state index contributed by atoms with van der Waals surface area (Å²) in [5.74, 6) is 1.13. The largest absolute Gasteiger partial charge is 0.496 e. The second kappa shape index (κ2) is 7.44. The highest BCUT2D eigenvalue weighted by Gasteiger charge is 2.15. The van der Waals surface area contributed by atoms with Crippen LogP contribution in [0.4, 0.5) is 0 Å². The number of nitrogens with one attached hydrogen (secondary N) is 1. The summed E-state index contributed by atoms with van der Waals surface area (Å²) in [4.78, 5) is 12.2. The Morgan fingerprint density at radius 2 is 2.25 bits per heavy atom. The van der Waals surface area contributed by atoms with E-state index in [9.17, 15) is 4.79 Å². The summed E-state index contributed by atoms with van der Waals surface area (Å²) in [5.41, 5.74) is 2.18. The quantitative estimate of drug-likeness (QED) is 0.867. The summed E-state index contributed by atoms with van der Waals surface area (Å²) in [6.45, 7) is 3.14. The first-order valence-corrected chi connectivity index (χ1v) is 7.57. The zero-order chi connectivity index (χ0) is 14.4. The summed E-state index contributed by atoms with van der Waals surface area (Å²) >= 11 is 0. The Kier molecular flexibility index (Phi) is 5.60. The van der Waals surface area contributed by atoms with E-state index in [-0.39, 0.29) is 0 Å². The van der Waals surface area contributed by atoms with Gasteiger partial charge in [-0.1, -0.05) is 24.1 Å². The minimum Gasteiger partial charge on any atom is -0.496 e. The van der Waals surface area contributed by atoms with Crippen molar-refractivity contribution in [2.24, 2.45) is 0 Å². The molecule has 1 N–H and O–H groups in total. The molecule has 0 spiro atoms. The van der Waals surface area contributed by atoms with Crippen LogP contribution >= 0.6 is 0 Å². The number of benzene rings is 1. The van der Waals surface area contributed by atoms with Crippen LogP contribution in [0.1, 0.15) is 43.2 Å². The average Bonchev–Trinajstić information content (AvgIpc) is 2.46. The molecule has 1 aromatic carbocycles. The van der Waals surface area contributed by atoms with Crippen molar-refractivity contribution in [2.75, 3.05) is 13.7 Å². The third-order valence-electron chi connectivity index (χ3n) is 4.01. The lowest BCUT2D eigenvalue weighted by Gasteiger charge is -2.23. The highest BCUT2D eigenvalue weighted by Crippen LogP contribution is 2.21. The number of ether oxygens (including phenoxy) is 1. The highest BCUT2D eigenvalue weighted by atomic mass is 16.5. The molecule has 2 rings (SSSR count). The van der Waals surface area contributed by atoms with Gasteiger partial charge in [-0.25, -0.2) is 0 Å². The van der Waals surface area contributed by atoms with E-state index in [4.69, 9.17) is 4.74 Å². The molecule has 110 valence electrons. The molecule has 0 aromatic heterocycles. The lowest BCUT2D eigenvalue weighted by Crippen LogP contribution is -2.34. The second-order valence-electron chi connectivity index (χ2n) is 5.72. The maximum absolute atomic E-state index is 12.2. The number of carbonyl (C=O) groups is 1. The number of piperidine rings is 1. The smallest absolute Gasteiger partial charge is 0.137 e. The van der Waals surface area contributed by atoms with Gasteiger partial charge in [0.25, 0.3) is 0 Å². The van der Waals surface area contributed by atoms with Crippen LogP contribution in [-0.4, -0.2) is 25.5 Å². The monoisotopic (exact) mass is 275 g/mol. The Morgan fingerprint density at radius 1 is 1.40 bits per heavy atom. The fourth-order valence-corrected chi connectivity index (χ4v) is 2.85. The molecule has 3 heteroatoms. The first-order chi connectivity index (χ1) is 9.69. The van der Waals surface area contributed by atoms with Gasteiger partial charge in [-0.05, 0) is 38.8 Å². The molecule has 0 bridgehead atoms. The molecule has 1 aliphatic rings. The predicted molar refractivity (Wildman–Crippen MR) is 81.3 cm³/mol. The minimum absolute atomic E-state index is 0.307. The van der Waals surface area contributed by atoms with Gasteiger partial charge in [0.1, 0.15) is 11.5 Å². The Bertz CT molecular complexity index is 450. The molecule has 1 fully saturated rings. The van der Waals surface area contributed by atoms with E-state index in [0.29, 0.717) is 24.7 Å². The van der Waals surface area contributed by atoms with Crippen LogP contribution in [0, 0.1) is 6.92 Å². The third-order valence-corrected chi connectivity index (χ3v) is 4.01. The van der Waals surface area contributed by atoms with E-state index in [0.717, 1.165) is 24.3 Å². The molecule has 20 heavy (non-hydrogen) atoms. The maximum atomic E-state index is 12.2. The molecule has 1 saturated heterocycles. The number of ketones is 1. The van der Waals surface area contributed by atoms with Gasteiger partial charge in [0.15, 0.2) is 0 Å². The standard InChI is InChI=1S/C17H25NO2/c1-13-6-9-17(20-2)14(11-13)12-16(19)8-7-15-5-3-4-10-18-15/h6,9,11,15,18H,3-5,7-8,10,12H2,1-2H3. The van der Waals surface area contributed by atoms with Crippen LogP contribution in [0.2, 0.25) is 0 Å². The number of methoxy groups -OCH3 is 1. The highest BCUT2D eigenvalue weighted by molar-refractivity contribution is 5.81. The minimum atomic E-state index is 0.307. The molecule has 1 aromatic rings. The average molecular weight is 275 g/mol. The zero-order valence-corrected chi connectivity index (χ0v) is 12.6. The van der Waals surface area contributed by atoms with Crippen molar-refractivity contribution in [3.8, 4) is 5.75 Å². The molecule has 1 aliphatic heterocycles. The lowest BCUT2D eigenvalue weighted by molar-refractivity contribution is -0.118. The van der Waals surface area contributed by atoms with Crippen LogP contribution in [-0.2, 0) is 11.2 Å². The first-order valence-electron chi connectivity index (χ1n) is 7.57. The summed E-state index contributed by atoms with van der Waals surface area (Å²) in [7, 11) is 1.66. The number of Topliss-reactive ketones (excluding diaryl/α,β-unsaturated/α-hetero) is 1. The fraction of sp³-hybridized carbons (Fsp3) is 0.588. The van der Waals surface area contributed by atoms with Crippen molar-refractivity contribution >= 4 is 5.78 Å². The summed E-state index contributed by atoms with van der Waals surface area (Å²) in [6.07, 6.45) is 5.88. The molecule has 3 nitrogen and oxygen atoms in total. The number of rotatable bonds is 6. The number of aryl methyl sites for hydroxylation is 1. The van der Waals surface area contributed by atoms with Gasteiger partial charge in [-0.2, -0.15) is 0 Å². The normalized spacial score (nSPS) is 18.8. The van der Waals surface area contributed by atoms with Crippen molar-refractivity contribution in [2.45, 2.75) is 51.5 Å². The van der Waals surface area contributed by atoms with Crippen molar-refractivity contribution < 1.29 is 9.53 Å². The van der Waals surface area contributed by atoms with Crippen molar-refractivity contribution in [3.05, 3.63) is 29.3 Å². The van der Waals surface area contributed by atoms with Crippen molar-refractivity contribution in [1.82, 2.24) is 5.32 Å². The fourth-order valence-electron chi connectivity index (χ4n) is 2.85. The van der Waals surface area contributed by atoms with Gasteiger partial charge in [0, 0.05) is 24.4 Å². The van der Waals surface area contributed by atoms with Gasteiger partial charge < -0.3 is 10.1 Å². The lowest BCUT2D eigenvalue weighted by atomic mass is 9.97. The van der Waals surface area contributed by atoms with Gasteiger partial charge >= 0.3 is 0 Å². The summed E-state index contributed by atoms with van der Waals surface area (Å²) < 4.78 is 5.33. The summed E-state index contributed by atoms with van der Waals surface area (Å²) in [5, 5.41) is 3.49. The van der Waals surface area contributed by atoms with Gasteiger partial charge in [0.2, 0.25) is 0 Å². The summed E-state index contributed by atoms with van der Waals surface area (Å²) in [6, 6.07) is 6.54. The van der Waals surface area contributed by atoms with E-state index >= 15 is 0 Å². The SMILES string of the molecule is COc1ccc(C)cc1CC(=O)CCC1CCCCN1. The number of hydrogen-bond acceptors (Lipinski definition) is 3. The molecule has 0 radical (unpaired) electrons. The van der Waals surface area contributed by atoms with E-state index < -0.39 is 0 Å². The molecular weight excluding hydrogens is 250 g/mol. The van der Waals surface area contributed by atoms with Crippen molar-refractivity contribution in [3.63, 3.8) is 0 Å². The van der Waals surface area contributed by atoms with Gasteiger partial charge in [-0.15, -0.1) is 0 Å². The Labute approximate surface area is 121 Å². The first kappa shape index (κ1) is 15.0. The van der Waals surface area contributed by atoms with E-state index in [1.165, 1.54) is 24.8 Å². The zero-order valence-electron chi connectivity index (χ0n) is 12.6. The van der Waals surface area contributed by atoms with E-state index in [1.807, 2.05) is 19.1 Å². The Morgan fingerprint density at radius 3 is 2.95 bits per heavy atom. The molecule has 1 atom stereocenters. The Balaban J connectivity index is 1.86. The second-order valence-corrected chi connectivity index (χ2v) is 5.72. The molecule has 1 unspecified atom stereocenters. The van der Waals surface area contributed by atoms with Gasteiger partial charge in [0.05, 0.1) is 7.11 Å². The van der Waals surface area contributed by atoms with Crippen LogP contribution in [0.3, 0.4) is 0 Å². The van der Waals surface area contributed by atoms with Gasteiger partial charge in [-0.3, -0.25) is 4.79 Å².